The van der Waals surface area contributed by atoms with Crippen LogP contribution in [0.4, 0.5) is 5.69 Å². The number of hydrogen-bond donors (Lipinski definition) is 1. The van der Waals surface area contributed by atoms with Crippen LogP contribution in [0.25, 0.3) is 12.2 Å². The fraction of sp³-hybridized carbons (Fsp3) is 0.0690. The van der Waals surface area contributed by atoms with Gasteiger partial charge in [0, 0.05) is 5.69 Å². The average molecular weight is 478 g/mol. The van der Waals surface area contributed by atoms with Crippen LogP contribution in [0.5, 0.6) is 0 Å². The molecule has 0 aliphatic carbocycles. The van der Waals surface area contributed by atoms with Crippen LogP contribution < -0.4 is 20.2 Å². The maximum Gasteiger partial charge on any atom is 0.271 e. The van der Waals surface area contributed by atoms with Gasteiger partial charge >= 0.3 is 0 Å². The van der Waals surface area contributed by atoms with Gasteiger partial charge in [-0.15, -0.1) is 0 Å². The number of hydrogen-bond acceptors (Lipinski definition) is 4. The summed E-state index contributed by atoms with van der Waals surface area (Å²) < 4.78 is 2.20. The van der Waals surface area contributed by atoms with Crippen molar-refractivity contribution in [3.63, 3.8) is 0 Å². The Morgan fingerprint density at radius 3 is 2.26 bits per heavy atom. The number of rotatable bonds is 5. The lowest BCUT2D eigenvalue weighted by atomic mass is 9.95. The van der Waals surface area contributed by atoms with E-state index in [0.29, 0.717) is 26.3 Å². The molecule has 5 nitrogen and oxygen atoms in total. The van der Waals surface area contributed by atoms with Crippen LogP contribution in [0.3, 0.4) is 0 Å². The maximum atomic E-state index is 13.6. The molecule has 5 rings (SSSR count). The van der Waals surface area contributed by atoms with Crippen molar-refractivity contribution in [2.75, 3.05) is 5.32 Å². The van der Waals surface area contributed by atoms with Gasteiger partial charge in [-0.2, -0.15) is 0 Å². The number of carbonyl (C=O) groups excluding carboxylic acids is 1. The molecule has 1 amide bonds. The number of aromatic nitrogens is 1. The summed E-state index contributed by atoms with van der Waals surface area (Å²) in [4.78, 5) is 32.3. The highest BCUT2D eigenvalue weighted by Crippen LogP contribution is 2.30. The Hall–Kier alpha value is -4.29. The van der Waals surface area contributed by atoms with Crippen molar-refractivity contribution >= 4 is 35.1 Å². The Morgan fingerprint density at radius 2 is 1.57 bits per heavy atom. The van der Waals surface area contributed by atoms with E-state index >= 15 is 0 Å². The molecule has 1 aliphatic rings. The molecule has 0 saturated heterocycles. The summed E-state index contributed by atoms with van der Waals surface area (Å²) in [7, 11) is 0. The van der Waals surface area contributed by atoms with E-state index < -0.39 is 6.04 Å². The van der Waals surface area contributed by atoms with E-state index in [1.807, 2.05) is 116 Å². The first kappa shape index (κ1) is 22.5. The van der Waals surface area contributed by atoms with Crippen molar-refractivity contribution in [1.29, 1.82) is 0 Å². The summed E-state index contributed by atoms with van der Waals surface area (Å²) in [6.07, 6.45) is 5.63. The van der Waals surface area contributed by atoms with Gasteiger partial charge in [0.25, 0.3) is 11.5 Å². The predicted octanol–water partition coefficient (Wildman–Crippen LogP) is 4.54. The fourth-order valence-corrected chi connectivity index (χ4v) is 5.11. The van der Waals surface area contributed by atoms with Crippen LogP contribution >= 0.6 is 11.3 Å². The van der Waals surface area contributed by atoms with E-state index in [9.17, 15) is 9.59 Å². The van der Waals surface area contributed by atoms with E-state index in [2.05, 4.69) is 10.3 Å². The number of thiazole rings is 1. The zero-order valence-electron chi connectivity index (χ0n) is 19.1. The number of carbonyl (C=O) groups is 1. The first-order valence-electron chi connectivity index (χ1n) is 11.3. The fourth-order valence-electron chi connectivity index (χ4n) is 4.11. The Balaban J connectivity index is 1.60. The van der Waals surface area contributed by atoms with Crippen LogP contribution in [0.2, 0.25) is 0 Å². The molecular weight excluding hydrogens is 454 g/mol. The molecule has 1 aliphatic heterocycles. The third-order valence-corrected chi connectivity index (χ3v) is 6.75. The highest BCUT2D eigenvalue weighted by atomic mass is 32.1. The largest absolute Gasteiger partial charge is 0.322 e. The molecule has 0 fully saturated rings. The third kappa shape index (κ3) is 4.69. The van der Waals surface area contributed by atoms with Crippen LogP contribution in [0.15, 0.2) is 118 Å². The van der Waals surface area contributed by atoms with Crippen LogP contribution in [-0.2, 0) is 4.79 Å². The van der Waals surface area contributed by atoms with E-state index in [4.69, 9.17) is 0 Å². The van der Waals surface area contributed by atoms with Gasteiger partial charge in [-0.1, -0.05) is 102 Å². The van der Waals surface area contributed by atoms with Gasteiger partial charge < -0.3 is 5.32 Å². The molecule has 0 radical (unpaired) electrons. The summed E-state index contributed by atoms with van der Waals surface area (Å²) in [5, 5.41) is 2.96. The second kappa shape index (κ2) is 9.91. The Kier molecular flexibility index (Phi) is 6.37. The molecule has 35 heavy (non-hydrogen) atoms. The zero-order chi connectivity index (χ0) is 24.2. The number of fused-ring (bicyclic) bond motifs is 1. The molecule has 2 heterocycles. The van der Waals surface area contributed by atoms with Gasteiger partial charge in [0.2, 0.25) is 0 Å². The maximum absolute atomic E-state index is 13.6. The monoisotopic (exact) mass is 477 g/mol. The highest BCUT2D eigenvalue weighted by Gasteiger charge is 2.32. The average Bonchev–Trinajstić information content (AvgIpc) is 3.19. The molecule has 0 saturated carbocycles. The Labute approximate surface area is 206 Å². The molecule has 1 N–H and O–H groups in total. The molecule has 1 atom stereocenters. The summed E-state index contributed by atoms with van der Waals surface area (Å²) in [6.45, 7) is 1.82. The first-order valence-corrected chi connectivity index (χ1v) is 12.1. The van der Waals surface area contributed by atoms with Gasteiger partial charge in [0.15, 0.2) is 4.80 Å². The van der Waals surface area contributed by atoms with Crippen molar-refractivity contribution < 1.29 is 4.79 Å². The van der Waals surface area contributed by atoms with Crippen molar-refractivity contribution in [2.45, 2.75) is 13.0 Å². The number of allylic oxidation sites excluding steroid dienone is 2. The topological polar surface area (TPSA) is 63.5 Å². The third-order valence-electron chi connectivity index (χ3n) is 5.75. The molecule has 6 heteroatoms. The molecule has 0 bridgehead atoms. The SMILES string of the molecule is CC1=C(C(=O)Nc2ccccc2)[C@H](c2ccccc2)n2c(s/c(=C/C=Cc3ccccc3)c2=O)=N1. The smallest absolute Gasteiger partial charge is 0.271 e. The molecule has 3 aromatic carbocycles. The van der Waals surface area contributed by atoms with Crippen molar-refractivity contribution in [3.8, 4) is 0 Å². The summed E-state index contributed by atoms with van der Waals surface area (Å²) in [5.41, 5.74) is 3.48. The van der Waals surface area contributed by atoms with Crippen LogP contribution in [0, 0.1) is 0 Å². The molecule has 172 valence electrons. The lowest BCUT2D eigenvalue weighted by molar-refractivity contribution is -0.113. The van der Waals surface area contributed by atoms with Gasteiger partial charge in [0.05, 0.1) is 21.8 Å². The number of amides is 1. The number of benzene rings is 3. The van der Waals surface area contributed by atoms with Gasteiger partial charge in [-0.05, 0) is 36.3 Å². The predicted molar refractivity (Wildman–Crippen MR) is 142 cm³/mol. The zero-order valence-corrected chi connectivity index (χ0v) is 19.9. The Morgan fingerprint density at radius 1 is 0.943 bits per heavy atom. The lowest BCUT2D eigenvalue weighted by Gasteiger charge is -2.25. The molecule has 4 aromatic rings. The quantitative estimate of drug-likeness (QED) is 0.459. The number of nitrogens with one attached hydrogen (secondary N) is 1. The van der Waals surface area contributed by atoms with Gasteiger partial charge in [-0.25, -0.2) is 4.99 Å². The number of para-hydroxylation sites is 1. The van der Waals surface area contributed by atoms with Crippen molar-refractivity contribution in [3.05, 3.63) is 139 Å². The summed E-state index contributed by atoms with van der Waals surface area (Å²) >= 11 is 1.33. The summed E-state index contributed by atoms with van der Waals surface area (Å²) in [6, 6.07) is 28.2. The van der Waals surface area contributed by atoms with Gasteiger partial charge in [-0.3, -0.25) is 14.2 Å². The van der Waals surface area contributed by atoms with E-state index in [-0.39, 0.29) is 11.5 Å². The minimum Gasteiger partial charge on any atom is -0.322 e. The van der Waals surface area contributed by atoms with E-state index in [0.717, 1.165) is 11.1 Å². The molecule has 0 spiro atoms. The lowest BCUT2D eigenvalue weighted by Crippen LogP contribution is -2.40. The van der Waals surface area contributed by atoms with Crippen molar-refractivity contribution in [2.24, 2.45) is 4.99 Å². The molecule has 1 aromatic heterocycles. The highest BCUT2D eigenvalue weighted by molar-refractivity contribution is 7.07. The second-order valence-corrected chi connectivity index (χ2v) is 9.11. The molecule has 0 unspecified atom stereocenters. The van der Waals surface area contributed by atoms with E-state index in [1.165, 1.54) is 11.3 Å². The standard InChI is InChI=1S/C29H23N3O2S/c1-20-25(27(33)31-23-17-9-4-10-18-23)26(22-15-7-3-8-16-22)32-28(34)24(35-29(32)30-20)19-11-14-21-12-5-2-6-13-21/h2-19,26H,1H3,(H,31,33)/b14-11?,24-19+/t26-/m0/s1. The minimum absolute atomic E-state index is 0.169. The Bertz CT molecular complexity index is 1600. The van der Waals surface area contributed by atoms with Gasteiger partial charge in [0.1, 0.15) is 0 Å². The van der Waals surface area contributed by atoms with Crippen molar-refractivity contribution in [1.82, 2.24) is 4.57 Å². The van der Waals surface area contributed by atoms with Crippen LogP contribution in [0.1, 0.15) is 24.1 Å². The number of anilines is 1. The van der Waals surface area contributed by atoms with E-state index in [1.54, 1.807) is 4.57 Å². The second-order valence-electron chi connectivity index (χ2n) is 8.10. The minimum atomic E-state index is -0.573. The normalized spacial score (nSPS) is 15.7. The summed E-state index contributed by atoms with van der Waals surface area (Å²) in [5.74, 6) is -0.274. The van der Waals surface area contributed by atoms with Crippen LogP contribution in [-0.4, -0.2) is 10.5 Å². The number of nitrogens with zero attached hydrogens (tertiary/aromatic N) is 2. The first-order chi connectivity index (χ1) is 17.1. The molecular formula is C29H23N3O2S.